The smallest absolute Gasteiger partial charge is 0.275 e. The maximum atomic E-state index is 10.0. The van der Waals surface area contributed by atoms with Gasteiger partial charge in [0, 0.05) is 0 Å². The van der Waals surface area contributed by atoms with E-state index in [0.717, 1.165) is 11.3 Å². The van der Waals surface area contributed by atoms with Crippen molar-refractivity contribution in [1.82, 2.24) is 4.98 Å². The maximum absolute atomic E-state index is 10.0. The fourth-order valence-corrected chi connectivity index (χ4v) is 1.30. The number of aliphatic hydroxyl groups excluding tert-OH is 2. The molecule has 0 saturated heterocycles. The van der Waals surface area contributed by atoms with Crippen LogP contribution in [0.1, 0.15) is 0 Å². The summed E-state index contributed by atoms with van der Waals surface area (Å²) in [4.78, 5) is 13.9. The van der Waals surface area contributed by atoms with E-state index < -0.39 is 6.10 Å². The standard InChI is InChI=1S/C7H10N2O4S/c10-2-5(12)3-13-7-8-1-6(14-7)9-4-11/h1,4-5,10,12H,2-3H2,(H,9,11). The Labute approximate surface area is 84.2 Å². The quantitative estimate of drug-likeness (QED) is 0.557. The molecule has 1 heterocycles. The average molecular weight is 218 g/mol. The molecule has 7 heteroatoms. The van der Waals surface area contributed by atoms with Gasteiger partial charge in [0.25, 0.3) is 5.19 Å². The Morgan fingerprint density at radius 2 is 2.57 bits per heavy atom. The molecule has 3 N–H and O–H groups in total. The summed E-state index contributed by atoms with van der Waals surface area (Å²) in [5.74, 6) is 0. The molecule has 1 aromatic heterocycles. The zero-order valence-corrected chi connectivity index (χ0v) is 8.03. The molecule has 0 aliphatic carbocycles. The first kappa shape index (κ1) is 10.9. The van der Waals surface area contributed by atoms with E-state index in [2.05, 4.69) is 10.3 Å². The third-order valence-corrected chi connectivity index (χ3v) is 2.14. The number of hydrogen-bond acceptors (Lipinski definition) is 6. The van der Waals surface area contributed by atoms with E-state index in [4.69, 9.17) is 14.9 Å². The van der Waals surface area contributed by atoms with Gasteiger partial charge < -0.3 is 20.3 Å². The zero-order chi connectivity index (χ0) is 10.4. The number of ether oxygens (including phenoxy) is 1. The topological polar surface area (TPSA) is 91.7 Å². The number of hydrogen-bond donors (Lipinski definition) is 3. The van der Waals surface area contributed by atoms with E-state index in [0.29, 0.717) is 16.6 Å². The van der Waals surface area contributed by atoms with Crippen molar-refractivity contribution in [2.75, 3.05) is 18.5 Å². The van der Waals surface area contributed by atoms with Gasteiger partial charge in [-0.1, -0.05) is 11.3 Å². The lowest BCUT2D eigenvalue weighted by Crippen LogP contribution is -2.21. The van der Waals surface area contributed by atoms with Crippen LogP contribution in [0.3, 0.4) is 0 Å². The molecule has 0 saturated carbocycles. The van der Waals surface area contributed by atoms with Crippen LogP contribution in [0, 0.1) is 0 Å². The number of aliphatic hydroxyl groups is 2. The van der Waals surface area contributed by atoms with Crippen molar-refractivity contribution in [2.24, 2.45) is 0 Å². The van der Waals surface area contributed by atoms with Crippen LogP contribution in [0.5, 0.6) is 5.19 Å². The van der Waals surface area contributed by atoms with E-state index >= 15 is 0 Å². The number of amides is 1. The Balaban J connectivity index is 2.39. The van der Waals surface area contributed by atoms with Crippen molar-refractivity contribution in [3.05, 3.63) is 6.20 Å². The molecule has 1 rings (SSSR count). The van der Waals surface area contributed by atoms with Crippen molar-refractivity contribution in [2.45, 2.75) is 6.10 Å². The van der Waals surface area contributed by atoms with Crippen LogP contribution in [0.25, 0.3) is 0 Å². The molecule has 0 aromatic carbocycles. The van der Waals surface area contributed by atoms with Gasteiger partial charge in [-0.2, -0.15) is 0 Å². The second-order valence-electron chi connectivity index (χ2n) is 2.40. The van der Waals surface area contributed by atoms with Gasteiger partial charge >= 0.3 is 0 Å². The van der Waals surface area contributed by atoms with Crippen LogP contribution >= 0.6 is 11.3 Å². The zero-order valence-electron chi connectivity index (χ0n) is 7.21. The number of anilines is 1. The van der Waals surface area contributed by atoms with Crippen LogP contribution in [-0.2, 0) is 4.79 Å². The summed E-state index contributed by atoms with van der Waals surface area (Å²) < 4.78 is 5.03. The van der Waals surface area contributed by atoms with Gasteiger partial charge in [-0.3, -0.25) is 4.79 Å². The minimum absolute atomic E-state index is 0.0233. The fraction of sp³-hybridized carbons (Fsp3) is 0.429. The summed E-state index contributed by atoms with van der Waals surface area (Å²) in [6.45, 7) is -0.380. The van der Waals surface area contributed by atoms with Crippen LogP contribution in [-0.4, -0.2) is 40.9 Å². The first-order chi connectivity index (χ1) is 6.76. The minimum Gasteiger partial charge on any atom is -0.467 e. The van der Waals surface area contributed by atoms with Crippen molar-refractivity contribution < 1.29 is 19.7 Å². The van der Waals surface area contributed by atoms with Crippen LogP contribution in [0.2, 0.25) is 0 Å². The maximum Gasteiger partial charge on any atom is 0.275 e. The molecular weight excluding hydrogens is 208 g/mol. The highest BCUT2D eigenvalue weighted by molar-refractivity contribution is 7.17. The fourth-order valence-electron chi connectivity index (χ4n) is 0.670. The number of carbonyl (C=O) groups is 1. The molecule has 1 aromatic rings. The monoisotopic (exact) mass is 218 g/mol. The highest BCUT2D eigenvalue weighted by atomic mass is 32.1. The lowest BCUT2D eigenvalue weighted by Gasteiger charge is -2.05. The summed E-state index contributed by atoms with van der Waals surface area (Å²) in [6.07, 6.45) is 1.07. The van der Waals surface area contributed by atoms with Gasteiger partial charge in [0.15, 0.2) is 0 Å². The number of aromatic nitrogens is 1. The summed E-state index contributed by atoms with van der Waals surface area (Å²) in [7, 11) is 0. The molecule has 78 valence electrons. The molecule has 0 fully saturated rings. The van der Waals surface area contributed by atoms with E-state index in [1.54, 1.807) is 0 Å². The second-order valence-corrected chi connectivity index (χ2v) is 3.39. The lowest BCUT2D eigenvalue weighted by atomic mass is 10.4. The molecule has 0 aliphatic rings. The van der Waals surface area contributed by atoms with Crippen LogP contribution in [0.4, 0.5) is 5.00 Å². The van der Waals surface area contributed by atoms with Gasteiger partial charge in [0.05, 0.1) is 12.8 Å². The summed E-state index contributed by atoms with van der Waals surface area (Å²) >= 11 is 1.14. The molecule has 0 radical (unpaired) electrons. The predicted molar refractivity (Wildman–Crippen MR) is 50.4 cm³/mol. The number of nitrogens with one attached hydrogen (secondary N) is 1. The van der Waals surface area contributed by atoms with Crippen LogP contribution < -0.4 is 10.1 Å². The number of nitrogens with zero attached hydrogens (tertiary/aromatic N) is 1. The Morgan fingerprint density at radius 3 is 3.21 bits per heavy atom. The Hall–Kier alpha value is -1.18. The van der Waals surface area contributed by atoms with E-state index in [1.165, 1.54) is 6.20 Å². The number of carbonyl (C=O) groups excluding carboxylic acids is 1. The SMILES string of the molecule is O=CNc1cnc(OCC(O)CO)s1. The van der Waals surface area contributed by atoms with Gasteiger partial charge in [0.2, 0.25) is 6.41 Å². The molecule has 14 heavy (non-hydrogen) atoms. The lowest BCUT2D eigenvalue weighted by molar-refractivity contribution is -0.105. The summed E-state index contributed by atoms with van der Waals surface area (Å²) in [6, 6.07) is 0. The number of thiazole rings is 1. The molecular formula is C7H10N2O4S. The molecule has 1 unspecified atom stereocenters. The molecule has 1 atom stereocenters. The van der Waals surface area contributed by atoms with E-state index in [9.17, 15) is 4.79 Å². The Kier molecular flexibility index (Phi) is 4.30. The summed E-state index contributed by atoms with van der Waals surface area (Å²) in [5.41, 5.74) is 0. The highest BCUT2D eigenvalue weighted by Gasteiger charge is 2.06. The van der Waals surface area contributed by atoms with Crippen molar-refractivity contribution in [3.8, 4) is 5.19 Å². The molecule has 0 spiro atoms. The van der Waals surface area contributed by atoms with Gasteiger partial charge in [-0.15, -0.1) is 0 Å². The Bertz CT molecular complexity index is 291. The first-order valence-corrected chi connectivity index (χ1v) is 4.65. The number of rotatable bonds is 6. The van der Waals surface area contributed by atoms with E-state index in [-0.39, 0.29) is 13.2 Å². The van der Waals surface area contributed by atoms with Gasteiger partial charge in [0.1, 0.15) is 17.7 Å². The predicted octanol–water partition coefficient (Wildman–Crippen LogP) is -0.557. The third kappa shape index (κ3) is 3.29. The highest BCUT2D eigenvalue weighted by Crippen LogP contribution is 2.24. The largest absolute Gasteiger partial charge is 0.467 e. The van der Waals surface area contributed by atoms with Gasteiger partial charge in [-0.25, -0.2) is 4.98 Å². The molecule has 1 amide bonds. The first-order valence-electron chi connectivity index (χ1n) is 3.84. The van der Waals surface area contributed by atoms with Crippen LogP contribution in [0.15, 0.2) is 6.20 Å². The summed E-state index contributed by atoms with van der Waals surface area (Å²) in [5, 5.41) is 20.8. The minimum atomic E-state index is -0.915. The van der Waals surface area contributed by atoms with Gasteiger partial charge in [-0.05, 0) is 0 Å². The molecule has 6 nitrogen and oxygen atoms in total. The average Bonchev–Trinajstić information content (AvgIpc) is 2.63. The molecule has 0 aliphatic heterocycles. The van der Waals surface area contributed by atoms with Crippen molar-refractivity contribution >= 4 is 22.7 Å². The third-order valence-electron chi connectivity index (χ3n) is 1.30. The van der Waals surface area contributed by atoms with Crippen molar-refractivity contribution in [3.63, 3.8) is 0 Å². The molecule has 0 bridgehead atoms. The van der Waals surface area contributed by atoms with E-state index in [1.807, 2.05) is 0 Å². The normalized spacial score (nSPS) is 12.1. The van der Waals surface area contributed by atoms with Crippen molar-refractivity contribution in [1.29, 1.82) is 0 Å². The second kappa shape index (κ2) is 5.53. The Morgan fingerprint density at radius 1 is 1.79 bits per heavy atom.